The Morgan fingerprint density at radius 2 is 1.66 bits per heavy atom. The van der Waals surface area contributed by atoms with E-state index in [1.807, 2.05) is 60.7 Å². The Balaban J connectivity index is 1.19. The summed E-state index contributed by atoms with van der Waals surface area (Å²) in [6, 6.07) is 19.1. The van der Waals surface area contributed by atoms with E-state index in [2.05, 4.69) is 10.2 Å². The zero-order valence-electron chi connectivity index (χ0n) is 21.1. The molecule has 0 aliphatic carbocycles. The van der Waals surface area contributed by atoms with Crippen LogP contribution in [0.5, 0.6) is 17.2 Å². The van der Waals surface area contributed by atoms with Crippen molar-refractivity contribution in [2.45, 2.75) is 24.8 Å². The van der Waals surface area contributed by atoms with Gasteiger partial charge in [0.1, 0.15) is 17.8 Å². The van der Waals surface area contributed by atoms with E-state index in [0.717, 1.165) is 42.0 Å². The minimum atomic E-state index is -0.972. The highest BCUT2D eigenvalue weighted by atomic mass is 16.7. The predicted molar refractivity (Wildman–Crippen MR) is 141 cm³/mol. The van der Waals surface area contributed by atoms with Gasteiger partial charge in [0, 0.05) is 36.0 Å². The highest BCUT2D eigenvalue weighted by Crippen LogP contribution is 2.55. The van der Waals surface area contributed by atoms with Gasteiger partial charge in [-0.05, 0) is 55.3 Å². The van der Waals surface area contributed by atoms with Gasteiger partial charge in [0.25, 0.3) is 5.91 Å². The highest BCUT2D eigenvalue weighted by Gasteiger charge is 2.57. The summed E-state index contributed by atoms with van der Waals surface area (Å²) in [5.41, 5.74) is 2.93. The van der Waals surface area contributed by atoms with Crippen LogP contribution in [-0.2, 0) is 16.8 Å². The number of nitrogens with one attached hydrogen (secondary N) is 1. The number of anilines is 1. The van der Waals surface area contributed by atoms with Crippen LogP contribution < -0.4 is 24.4 Å². The summed E-state index contributed by atoms with van der Waals surface area (Å²) in [5, 5.41) is 3.08. The number of benzene rings is 3. The highest BCUT2D eigenvalue weighted by molar-refractivity contribution is 6.11. The third kappa shape index (κ3) is 3.55. The first-order chi connectivity index (χ1) is 18.6. The molecular weight excluding hydrogens is 482 g/mol. The van der Waals surface area contributed by atoms with Crippen molar-refractivity contribution < 1.29 is 23.8 Å². The molecule has 7 rings (SSSR count). The zero-order chi connectivity index (χ0) is 25.7. The Bertz CT molecular complexity index is 1430. The lowest BCUT2D eigenvalue weighted by atomic mass is 9.77. The molecular formula is C30H29N3O5. The first kappa shape index (κ1) is 23.1. The summed E-state index contributed by atoms with van der Waals surface area (Å²) < 4.78 is 17.2. The van der Waals surface area contributed by atoms with Gasteiger partial charge in [0.05, 0.1) is 6.54 Å². The normalized spacial score (nSPS) is 21.1. The molecule has 0 bridgehead atoms. The fourth-order valence-electron chi connectivity index (χ4n) is 6.20. The molecule has 1 unspecified atom stereocenters. The van der Waals surface area contributed by atoms with Crippen molar-refractivity contribution in [2.24, 2.45) is 0 Å². The lowest BCUT2D eigenvalue weighted by Crippen LogP contribution is -2.42. The van der Waals surface area contributed by atoms with Crippen LogP contribution in [-0.4, -0.2) is 56.3 Å². The molecule has 4 heterocycles. The molecule has 1 spiro atoms. The van der Waals surface area contributed by atoms with Gasteiger partial charge >= 0.3 is 0 Å². The van der Waals surface area contributed by atoms with Gasteiger partial charge in [0.15, 0.2) is 11.5 Å². The van der Waals surface area contributed by atoms with Crippen molar-refractivity contribution in [3.8, 4) is 17.2 Å². The Kier molecular flexibility index (Phi) is 5.51. The van der Waals surface area contributed by atoms with Crippen LogP contribution in [0, 0.1) is 0 Å². The van der Waals surface area contributed by atoms with Crippen LogP contribution in [0.4, 0.5) is 5.69 Å². The number of likely N-dealkylation sites (tertiary alicyclic amines) is 1. The number of hydrogen-bond donors (Lipinski definition) is 1. The van der Waals surface area contributed by atoms with Crippen LogP contribution in [0.15, 0.2) is 60.7 Å². The number of nitrogens with zero attached hydrogens (tertiary/aromatic N) is 2. The molecule has 8 nitrogen and oxygen atoms in total. The molecule has 4 aliphatic rings. The fraction of sp³-hybridized carbons (Fsp3) is 0.333. The Hall–Kier alpha value is -4.04. The van der Waals surface area contributed by atoms with Gasteiger partial charge in [-0.1, -0.05) is 36.4 Å². The molecule has 1 saturated heterocycles. The second-order valence-corrected chi connectivity index (χ2v) is 10.3. The van der Waals surface area contributed by atoms with E-state index in [1.54, 1.807) is 4.90 Å². The van der Waals surface area contributed by atoms with Crippen LogP contribution in [0.25, 0.3) is 0 Å². The smallest absolute Gasteiger partial charge is 0.251 e. The second kappa shape index (κ2) is 9.06. The lowest BCUT2D eigenvalue weighted by Gasteiger charge is -2.24. The lowest BCUT2D eigenvalue weighted by molar-refractivity contribution is -0.122. The van der Waals surface area contributed by atoms with E-state index in [0.29, 0.717) is 29.4 Å². The Labute approximate surface area is 221 Å². The van der Waals surface area contributed by atoms with E-state index < -0.39 is 5.41 Å². The standard InChI is InChI=1S/C30H29N3O5/c34-28(31-11-14-32-12-5-6-13-32)21-8-2-1-7-20(21)17-33-24-10-4-3-9-22(24)30(29(33)35)18-36-25-16-27-26(15-23(25)30)37-19-38-27/h1-4,7-10,15-16H,5-6,11-14,17-19H2,(H,31,34). The van der Waals surface area contributed by atoms with Crippen molar-refractivity contribution in [1.29, 1.82) is 0 Å². The van der Waals surface area contributed by atoms with Crippen LogP contribution in [0.3, 0.4) is 0 Å². The number of rotatable bonds is 6. The maximum Gasteiger partial charge on any atom is 0.251 e. The van der Waals surface area contributed by atoms with E-state index >= 15 is 0 Å². The van der Waals surface area contributed by atoms with Gasteiger partial charge in [-0.15, -0.1) is 0 Å². The van der Waals surface area contributed by atoms with Crippen molar-refractivity contribution >= 4 is 17.5 Å². The Morgan fingerprint density at radius 3 is 2.53 bits per heavy atom. The summed E-state index contributed by atoms with van der Waals surface area (Å²) in [6.07, 6.45) is 2.45. The molecule has 3 aromatic rings. The summed E-state index contributed by atoms with van der Waals surface area (Å²) >= 11 is 0. The van der Waals surface area contributed by atoms with Crippen LogP contribution >= 0.6 is 0 Å². The minimum Gasteiger partial charge on any atom is -0.491 e. The van der Waals surface area contributed by atoms with E-state index in [9.17, 15) is 9.59 Å². The maximum absolute atomic E-state index is 14.3. The number of para-hydroxylation sites is 1. The summed E-state index contributed by atoms with van der Waals surface area (Å²) in [5.74, 6) is 1.70. The first-order valence-electron chi connectivity index (χ1n) is 13.2. The third-order valence-corrected chi connectivity index (χ3v) is 8.15. The van der Waals surface area contributed by atoms with Crippen molar-refractivity contribution in [1.82, 2.24) is 10.2 Å². The quantitative estimate of drug-likeness (QED) is 0.546. The van der Waals surface area contributed by atoms with Gasteiger partial charge in [-0.25, -0.2) is 0 Å². The molecule has 38 heavy (non-hydrogen) atoms. The fourth-order valence-corrected chi connectivity index (χ4v) is 6.20. The number of carbonyl (C=O) groups excluding carboxylic acids is 2. The molecule has 1 N–H and O–H groups in total. The number of fused-ring (bicyclic) bond motifs is 5. The minimum absolute atomic E-state index is 0.0689. The first-order valence-corrected chi connectivity index (χ1v) is 13.2. The molecule has 0 saturated carbocycles. The molecule has 8 heteroatoms. The Morgan fingerprint density at radius 1 is 0.895 bits per heavy atom. The van der Waals surface area contributed by atoms with Gasteiger partial charge in [0.2, 0.25) is 12.7 Å². The molecule has 194 valence electrons. The average molecular weight is 512 g/mol. The molecule has 3 aromatic carbocycles. The number of ether oxygens (including phenoxy) is 3. The molecule has 2 amide bonds. The van der Waals surface area contributed by atoms with E-state index in [4.69, 9.17) is 14.2 Å². The molecule has 1 fully saturated rings. The zero-order valence-corrected chi connectivity index (χ0v) is 21.1. The van der Waals surface area contributed by atoms with Crippen LogP contribution in [0.2, 0.25) is 0 Å². The monoisotopic (exact) mass is 511 g/mol. The van der Waals surface area contributed by atoms with Crippen LogP contribution in [0.1, 0.15) is 39.9 Å². The predicted octanol–water partition coefficient (Wildman–Crippen LogP) is 3.47. The van der Waals surface area contributed by atoms with Gasteiger partial charge in [-0.2, -0.15) is 0 Å². The number of amides is 2. The molecule has 1 atom stereocenters. The second-order valence-electron chi connectivity index (χ2n) is 10.3. The molecule has 0 radical (unpaired) electrons. The maximum atomic E-state index is 14.3. The molecule has 4 aliphatic heterocycles. The summed E-state index contributed by atoms with van der Waals surface area (Å²) in [7, 11) is 0. The average Bonchev–Trinajstić information content (AvgIpc) is 3.73. The SMILES string of the molecule is O=C(NCCN1CCCC1)c1ccccc1CN1C(=O)C2(COc3cc4c(cc32)OCO4)c2ccccc21. The van der Waals surface area contributed by atoms with E-state index in [1.165, 1.54) is 12.8 Å². The van der Waals surface area contributed by atoms with E-state index in [-0.39, 0.29) is 31.8 Å². The topological polar surface area (TPSA) is 80.3 Å². The summed E-state index contributed by atoms with van der Waals surface area (Å²) in [4.78, 5) is 31.7. The summed E-state index contributed by atoms with van der Waals surface area (Å²) in [6.45, 7) is 4.29. The molecule has 0 aromatic heterocycles. The van der Waals surface area contributed by atoms with Crippen molar-refractivity contribution in [2.75, 3.05) is 44.5 Å². The third-order valence-electron chi connectivity index (χ3n) is 8.15. The largest absolute Gasteiger partial charge is 0.491 e. The van der Waals surface area contributed by atoms with Gasteiger partial charge in [-0.3, -0.25) is 9.59 Å². The van der Waals surface area contributed by atoms with Crippen molar-refractivity contribution in [3.05, 3.63) is 82.9 Å². The van der Waals surface area contributed by atoms with Gasteiger partial charge < -0.3 is 29.3 Å². The number of hydrogen-bond acceptors (Lipinski definition) is 6. The number of carbonyl (C=O) groups is 2. The van der Waals surface area contributed by atoms with Crippen molar-refractivity contribution in [3.63, 3.8) is 0 Å².